The van der Waals surface area contributed by atoms with Gasteiger partial charge in [-0.15, -0.1) is 0 Å². The molecule has 3 aromatic rings. The van der Waals surface area contributed by atoms with Crippen molar-refractivity contribution in [2.24, 2.45) is 26.8 Å². The van der Waals surface area contributed by atoms with Crippen molar-refractivity contribution in [3.05, 3.63) is 190 Å². The predicted octanol–water partition coefficient (Wildman–Crippen LogP) is 11.1. The molecule has 3 aliphatic carbocycles. The number of nitrogens with zero attached hydrogens (tertiary/aromatic N) is 3. The quantitative estimate of drug-likeness (QED) is 0.209. The maximum atomic E-state index is 5.32. The Balaban J connectivity index is 1.18. The van der Waals surface area contributed by atoms with Crippen LogP contribution in [0.25, 0.3) is 11.1 Å². The molecule has 3 nitrogen and oxygen atoms in total. The van der Waals surface area contributed by atoms with E-state index in [1.807, 2.05) is 6.07 Å². The van der Waals surface area contributed by atoms with Crippen LogP contribution >= 0.6 is 0 Å². The van der Waals surface area contributed by atoms with Gasteiger partial charge in [-0.3, -0.25) is 15.0 Å². The maximum absolute atomic E-state index is 5.32. The van der Waals surface area contributed by atoms with Crippen LogP contribution in [0.2, 0.25) is 0 Å². The Hall–Kier alpha value is -5.41. The zero-order chi connectivity index (χ0) is 33.6. The van der Waals surface area contributed by atoms with Gasteiger partial charge in [0.2, 0.25) is 0 Å². The molecule has 3 heteroatoms. The van der Waals surface area contributed by atoms with Gasteiger partial charge in [-0.1, -0.05) is 127 Å². The Kier molecular flexibility index (Phi) is 9.70. The number of allylic oxidation sites excluding steroid dienone is 12. The third kappa shape index (κ3) is 7.07. The fraction of sp³-hybridized carbons (Fsp3) is 0.196. The van der Waals surface area contributed by atoms with E-state index in [1.54, 1.807) is 0 Å². The van der Waals surface area contributed by atoms with Crippen LogP contribution in [0.4, 0.5) is 0 Å². The topological polar surface area (TPSA) is 37.1 Å². The first-order valence-corrected chi connectivity index (χ1v) is 17.4. The lowest BCUT2D eigenvalue weighted by molar-refractivity contribution is 0.761. The van der Waals surface area contributed by atoms with Gasteiger partial charge in [-0.05, 0) is 109 Å². The molecule has 2 unspecified atom stereocenters. The van der Waals surface area contributed by atoms with Crippen molar-refractivity contribution in [3.63, 3.8) is 0 Å². The minimum Gasteiger partial charge on any atom is -0.280 e. The number of hydrogen-bond acceptors (Lipinski definition) is 3. The Morgan fingerprint density at radius 1 is 0.918 bits per heavy atom. The fourth-order valence-electron chi connectivity index (χ4n) is 7.34. The summed E-state index contributed by atoms with van der Waals surface area (Å²) in [6.07, 6.45) is 24.0. The summed E-state index contributed by atoms with van der Waals surface area (Å²) in [5, 5.41) is 0. The van der Waals surface area contributed by atoms with Crippen LogP contribution in [0.1, 0.15) is 54.9 Å². The number of aryl methyl sites for hydroxylation is 1. The molecule has 0 bridgehead atoms. The average Bonchev–Trinajstić information content (AvgIpc) is 3.16. The third-order valence-electron chi connectivity index (χ3n) is 9.96. The molecule has 0 saturated heterocycles. The summed E-state index contributed by atoms with van der Waals surface area (Å²) in [4.78, 5) is 15.1. The second-order valence-electron chi connectivity index (χ2n) is 13.1. The van der Waals surface area contributed by atoms with Gasteiger partial charge in [-0.2, -0.15) is 0 Å². The van der Waals surface area contributed by atoms with Gasteiger partial charge in [0.25, 0.3) is 0 Å². The lowest BCUT2D eigenvalue weighted by Gasteiger charge is -2.32. The molecule has 0 radical (unpaired) electrons. The highest BCUT2D eigenvalue weighted by Crippen LogP contribution is 2.43. The smallest absolute Gasteiger partial charge is 0.0697 e. The van der Waals surface area contributed by atoms with Crippen molar-refractivity contribution in [2.45, 2.75) is 39.5 Å². The van der Waals surface area contributed by atoms with E-state index in [2.05, 4.69) is 159 Å². The molecule has 0 aromatic heterocycles. The molecule has 4 aliphatic rings. The molecule has 2 atom stereocenters. The van der Waals surface area contributed by atoms with E-state index in [0.717, 1.165) is 48.4 Å². The summed E-state index contributed by atoms with van der Waals surface area (Å²) in [6, 6.07) is 29.7. The fourth-order valence-corrected chi connectivity index (χ4v) is 7.34. The Morgan fingerprint density at radius 3 is 2.45 bits per heavy atom. The second kappa shape index (κ2) is 14.8. The highest BCUT2D eigenvalue weighted by molar-refractivity contribution is 6.18. The first kappa shape index (κ1) is 32.2. The molecule has 242 valence electrons. The van der Waals surface area contributed by atoms with Crippen molar-refractivity contribution in [2.75, 3.05) is 6.54 Å². The van der Waals surface area contributed by atoms with Crippen LogP contribution in [0.3, 0.4) is 0 Å². The van der Waals surface area contributed by atoms with Crippen LogP contribution in [0.15, 0.2) is 183 Å². The van der Waals surface area contributed by atoms with E-state index in [1.165, 1.54) is 50.3 Å². The van der Waals surface area contributed by atoms with Gasteiger partial charge >= 0.3 is 0 Å². The van der Waals surface area contributed by atoms with Crippen molar-refractivity contribution >= 4 is 29.3 Å². The summed E-state index contributed by atoms with van der Waals surface area (Å²) in [7, 11) is 0. The maximum Gasteiger partial charge on any atom is 0.0697 e. The minimum atomic E-state index is 0.147. The second-order valence-corrected chi connectivity index (χ2v) is 13.1. The molecule has 0 fully saturated rings. The van der Waals surface area contributed by atoms with Crippen LogP contribution in [0, 0.1) is 18.8 Å². The lowest BCUT2D eigenvalue weighted by atomic mass is 9.76. The Morgan fingerprint density at radius 2 is 1.69 bits per heavy atom. The molecular weight excluding hydrogens is 595 g/mol. The highest BCUT2D eigenvalue weighted by Gasteiger charge is 2.31. The van der Waals surface area contributed by atoms with Gasteiger partial charge in [0.1, 0.15) is 0 Å². The predicted molar refractivity (Wildman–Crippen MR) is 209 cm³/mol. The average molecular weight is 638 g/mol. The van der Waals surface area contributed by atoms with Gasteiger partial charge in [0, 0.05) is 23.2 Å². The summed E-state index contributed by atoms with van der Waals surface area (Å²) < 4.78 is 0. The molecular formula is C46H43N3. The molecule has 0 amide bonds. The van der Waals surface area contributed by atoms with E-state index < -0.39 is 0 Å². The van der Waals surface area contributed by atoms with Crippen LogP contribution in [-0.2, 0) is 0 Å². The number of aliphatic imine (C=N–C) groups is 3. The Bertz CT molecular complexity index is 2060. The van der Waals surface area contributed by atoms with Crippen molar-refractivity contribution in [1.82, 2.24) is 0 Å². The van der Waals surface area contributed by atoms with Crippen LogP contribution in [-0.4, -0.2) is 24.7 Å². The molecule has 7 rings (SSSR count). The summed E-state index contributed by atoms with van der Waals surface area (Å²) in [5.74, 6) is 0.444. The summed E-state index contributed by atoms with van der Waals surface area (Å²) in [6.45, 7) is 9.04. The van der Waals surface area contributed by atoms with Gasteiger partial charge in [0.05, 0.1) is 18.0 Å². The molecule has 0 N–H and O–H groups in total. The van der Waals surface area contributed by atoms with Crippen molar-refractivity contribution in [3.8, 4) is 0 Å². The molecule has 49 heavy (non-hydrogen) atoms. The highest BCUT2D eigenvalue weighted by atomic mass is 14.8. The van der Waals surface area contributed by atoms with E-state index in [-0.39, 0.29) is 5.92 Å². The number of dihydropyridines is 1. The van der Waals surface area contributed by atoms with Crippen LogP contribution in [0.5, 0.6) is 0 Å². The van der Waals surface area contributed by atoms with Gasteiger partial charge in [0.15, 0.2) is 0 Å². The van der Waals surface area contributed by atoms with Crippen molar-refractivity contribution in [1.29, 1.82) is 0 Å². The zero-order valence-electron chi connectivity index (χ0n) is 28.5. The largest absolute Gasteiger partial charge is 0.280 e. The molecule has 1 aliphatic heterocycles. The minimum absolute atomic E-state index is 0.147. The number of fused-ring (bicyclic) bond motifs is 1. The van der Waals surface area contributed by atoms with Gasteiger partial charge < -0.3 is 0 Å². The van der Waals surface area contributed by atoms with Crippen LogP contribution < -0.4 is 0 Å². The number of benzene rings is 3. The molecule has 3 aromatic carbocycles. The number of hydrogen-bond donors (Lipinski definition) is 0. The zero-order valence-corrected chi connectivity index (χ0v) is 28.5. The molecule has 1 heterocycles. The van der Waals surface area contributed by atoms with Crippen molar-refractivity contribution < 1.29 is 0 Å². The lowest BCUT2D eigenvalue weighted by Crippen LogP contribution is -2.21. The SMILES string of the molecule is C=N/C(=C\C(=NCC1=CCCC(C2=NC3=CC=CCC3C(c3ccccc3C)=C2C)=C1)c1ccccc1)C1C=CC(c2ccccc2)=CC1. The Labute approximate surface area is 291 Å². The summed E-state index contributed by atoms with van der Waals surface area (Å²) >= 11 is 0. The third-order valence-corrected chi connectivity index (χ3v) is 9.96. The first-order chi connectivity index (χ1) is 24.1. The van der Waals surface area contributed by atoms with Gasteiger partial charge in [-0.25, -0.2) is 0 Å². The van der Waals surface area contributed by atoms with E-state index in [9.17, 15) is 0 Å². The van der Waals surface area contributed by atoms with E-state index >= 15 is 0 Å². The normalized spacial score (nSPS) is 20.9. The van der Waals surface area contributed by atoms with E-state index in [0.29, 0.717) is 12.5 Å². The molecule has 0 spiro atoms. The standard InChI is InChI=1S/C46H43N3/c1-32-15-10-11-22-40(32)45-33(2)46(49-42-24-13-12-23-41(42)45)39-21-14-16-34(29-39)31-48-44(37-19-8-5-9-20-37)30-43(47-3)38-27-25-36(26-28-38)35-17-6-4-7-18-35/h4-13,15-20,22,24-27,29-30,38,41H,3,14,21,23,28,31H2,1-2H3/b43-30-,48-44?. The monoisotopic (exact) mass is 637 g/mol. The molecule has 0 saturated carbocycles. The number of rotatable bonds is 9. The summed E-state index contributed by atoms with van der Waals surface area (Å²) in [5.41, 5.74) is 15.6. The van der Waals surface area contributed by atoms with E-state index in [4.69, 9.17) is 9.98 Å². The first-order valence-electron chi connectivity index (χ1n) is 17.4.